The van der Waals surface area contributed by atoms with Crippen LogP contribution in [0.2, 0.25) is 0 Å². The van der Waals surface area contributed by atoms with Gasteiger partial charge in [0.1, 0.15) is 5.69 Å². The van der Waals surface area contributed by atoms with E-state index in [9.17, 15) is 4.79 Å². The summed E-state index contributed by atoms with van der Waals surface area (Å²) < 4.78 is 7.30. The molecule has 0 radical (unpaired) electrons. The monoisotopic (exact) mass is 388 g/mol. The van der Waals surface area contributed by atoms with Crippen molar-refractivity contribution in [3.05, 3.63) is 23.1 Å². The number of aromatic nitrogens is 4. The molecule has 1 amide bonds. The van der Waals surface area contributed by atoms with E-state index in [1.54, 1.807) is 6.07 Å². The second kappa shape index (κ2) is 8.87. The number of hydrogen-bond acceptors (Lipinski definition) is 5. The van der Waals surface area contributed by atoms with E-state index in [0.717, 1.165) is 55.4 Å². The molecule has 2 aromatic heterocycles. The molecule has 1 aliphatic rings. The number of carbonyl (C=O) groups is 1. The Morgan fingerprint density at radius 1 is 1.32 bits per heavy atom. The zero-order valence-electron chi connectivity index (χ0n) is 17.6. The summed E-state index contributed by atoms with van der Waals surface area (Å²) in [6.45, 7) is 12.4. The van der Waals surface area contributed by atoms with Gasteiger partial charge in [0.05, 0.1) is 24.6 Å². The summed E-state index contributed by atoms with van der Waals surface area (Å²) in [5.41, 5.74) is 4.13. The van der Waals surface area contributed by atoms with Crippen LogP contribution in [-0.4, -0.2) is 69.7 Å². The zero-order chi connectivity index (χ0) is 20.3. The Hall–Kier alpha value is -2.19. The fourth-order valence-electron chi connectivity index (χ4n) is 3.86. The minimum atomic E-state index is -0.125. The predicted molar refractivity (Wildman–Crippen MR) is 108 cm³/mol. The molecule has 1 aliphatic heterocycles. The van der Waals surface area contributed by atoms with Gasteiger partial charge in [0.25, 0.3) is 5.91 Å². The Morgan fingerprint density at radius 3 is 2.64 bits per heavy atom. The molecular formula is C20H32N6O2. The van der Waals surface area contributed by atoms with Gasteiger partial charge in [0.2, 0.25) is 0 Å². The number of nitrogens with zero attached hydrogens (tertiary/aromatic N) is 4. The molecule has 28 heavy (non-hydrogen) atoms. The number of H-pyrrole nitrogens is 1. The summed E-state index contributed by atoms with van der Waals surface area (Å²) in [6, 6.07) is 2.12. The van der Waals surface area contributed by atoms with Crippen LogP contribution in [-0.2, 0) is 11.8 Å². The zero-order valence-corrected chi connectivity index (χ0v) is 17.6. The van der Waals surface area contributed by atoms with E-state index < -0.39 is 0 Å². The summed E-state index contributed by atoms with van der Waals surface area (Å²) >= 11 is 0. The van der Waals surface area contributed by atoms with Crippen LogP contribution in [0.1, 0.15) is 42.1 Å². The molecule has 1 unspecified atom stereocenters. The molecule has 2 aromatic rings. The van der Waals surface area contributed by atoms with Crippen LogP contribution in [0.5, 0.6) is 0 Å². The smallest absolute Gasteiger partial charge is 0.269 e. The molecular weight excluding hydrogens is 356 g/mol. The van der Waals surface area contributed by atoms with Crippen LogP contribution in [0.4, 0.5) is 0 Å². The molecule has 0 saturated carbocycles. The van der Waals surface area contributed by atoms with Gasteiger partial charge >= 0.3 is 0 Å². The first-order valence-electron chi connectivity index (χ1n) is 10.0. The molecule has 2 N–H and O–H groups in total. The van der Waals surface area contributed by atoms with Crippen molar-refractivity contribution in [2.24, 2.45) is 13.0 Å². The predicted octanol–water partition coefficient (Wildman–Crippen LogP) is 1.90. The number of ether oxygens (including phenoxy) is 1. The van der Waals surface area contributed by atoms with Crippen LogP contribution < -0.4 is 5.32 Å². The van der Waals surface area contributed by atoms with E-state index in [-0.39, 0.29) is 5.91 Å². The van der Waals surface area contributed by atoms with E-state index in [0.29, 0.717) is 24.2 Å². The minimum absolute atomic E-state index is 0.125. The maximum absolute atomic E-state index is 12.7. The van der Waals surface area contributed by atoms with Gasteiger partial charge in [-0.05, 0) is 32.3 Å². The third-order valence-electron chi connectivity index (χ3n) is 5.39. The molecule has 0 aliphatic carbocycles. The third kappa shape index (κ3) is 4.62. The Bertz CT molecular complexity index is 804. The molecule has 3 heterocycles. The van der Waals surface area contributed by atoms with Crippen LogP contribution in [0, 0.1) is 19.8 Å². The van der Waals surface area contributed by atoms with E-state index in [4.69, 9.17) is 4.74 Å². The number of rotatable bonds is 7. The molecule has 1 saturated heterocycles. The molecule has 154 valence electrons. The summed E-state index contributed by atoms with van der Waals surface area (Å²) in [5, 5.41) is 14.7. The molecule has 8 nitrogen and oxygen atoms in total. The Kier molecular flexibility index (Phi) is 6.51. The van der Waals surface area contributed by atoms with E-state index >= 15 is 0 Å². The van der Waals surface area contributed by atoms with Crippen LogP contribution in [0.3, 0.4) is 0 Å². The number of nitrogens with one attached hydrogen (secondary N) is 2. The van der Waals surface area contributed by atoms with E-state index in [1.807, 2.05) is 25.6 Å². The topological polar surface area (TPSA) is 88.1 Å². The van der Waals surface area contributed by atoms with Crippen molar-refractivity contribution in [1.82, 2.24) is 30.2 Å². The summed E-state index contributed by atoms with van der Waals surface area (Å²) in [5.74, 6) is 0.444. The Labute approximate surface area is 166 Å². The van der Waals surface area contributed by atoms with Crippen LogP contribution in [0.15, 0.2) is 6.07 Å². The molecule has 0 aromatic carbocycles. The van der Waals surface area contributed by atoms with Crippen molar-refractivity contribution in [3.63, 3.8) is 0 Å². The number of aromatic amines is 1. The maximum atomic E-state index is 12.7. The number of aryl methyl sites for hydroxylation is 2. The quantitative estimate of drug-likeness (QED) is 0.756. The second-order valence-electron chi connectivity index (χ2n) is 7.98. The first kappa shape index (κ1) is 20.5. The van der Waals surface area contributed by atoms with Gasteiger partial charge in [-0.25, -0.2) is 0 Å². The Morgan fingerprint density at radius 2 is 2.04 bits per heavy atom. The molecule has 0 bridgehead atoms. The number of amides is 1. The SMILES string of the molecule is Cc1nn(C)c(C)c1-c1cc(C(=O)NCC(CC(C)C)N2CCOCC2)[nH]n1. The highest BCUT2D eigenvalue weighted by atomic mass is 16.5. The van der Waals surface area contributed by atoms with Crippen molar-refractivity contribution in [1.29, 1.82) is 0 Å². The van der Waals surface area contributed by atoms with Crippen LogP contribution >= 0.6 is 0 Å². The number of morpholine rings is 1. The van der Waals surface area contributed by atoms with Gasteiger partial charge in [0, 0.05) is 44.0 Å². The van der Waals surface area contributed by atoms with Crippen molar-refractivity contribution >= 4 is 5.91 Å². The largest absolute Gasteiger partial charge is 0.379 e. The normalized spacial score (nSPS) is 16.5. The summed E-state index contributed by atoms with van der Waals surface area (Å²) in [7, 11) is 1.91. The fourth-order valence-corrected chi connectivity index (χ4v) is 3.86. The standard InChI is InChI=1S/C20H32N6O2/c1-13(2)10-16(26-6-8-28-9-7-26)12-21-20(27)18-11-17(22-23-18)19-14(3)24-25(5)15(19)4/h11,13,16H,6-10,12H2,1-5H3,(H,21,27)(H,22,23). The summed E-state index contributed by atoms with van der Waals surface area (Å²) in [4.78, 5) is 15.1. The third-order valence-corrected chi connectivity index (χ3v) is 5.39. The second-order valence-corrected chi connectivity index (χ2v) is 7.98. The van der Waals surface area contributed by atoms with Gasteiger partial charge in [-0.15, -0.1) is 0 Å². The average Bonchev–Trinajstić information content (AvgIpc) is 3.23. The van der Waals surface area contributed by atoms with Crippen molar-refractivity contribution in [3.8, 4) is 11.3 Å². The van der Waals surface area contributed by atoms with Gasteiger partial charge in [-0.1, -0.05) is 13.8 Å². The van der Waals surface area contributed by atoms with Crippen molar-refractivity contribution in [2.75, 3.05) is 32.8 Å². The first-order chi connectivity index (χ1) is 13.4. The minimum Gasteiger partial charge on any atom is -0.379 e. The van der Waals surface area contributed by atoms with Crippen molar-refractivity contribution < 1.29 is 9.53 Å². The maximum Gasteiger partial charge on any atom is 0.269 e. The molecule has 1 fully saturated rings. The lowest BCUT2D eigenvalue weighted by molar-refractivity contribution is 0.0124. The molecule has 3 rings (SSSR count). The van der Waals surface area contributed by atoms with Crippen molar-refractivity contribution in [2.45, 2.75) is 40.2 Å². The van der Waals surface area contributed by atoms with Crippen LogP contribution in [0.25, 0.3) is 11.3 Å². The van der Waals surface area contributed by atoms with Gasteiger partial charge in [0.15, 0.2) is 0 Å². The van der Waals surface area contributed by atoms with E-state index in [2.05, 4.69) is 39.4 Å². The molecule has 8 heteroatoms. The van der Waals surface area contributed by atoms with E-state index in [1.165, 1.54) is 0 Å². The Balaban J connectivity index is 1.66. The number of carbonyl (C=O) groups excluding carboxylic acids is 1. The number of hydrogen-bond donors (Lipinski definition) is 2. The van der Waals surface area contributed by atoms with Gasteiger partial charge < -0.3 is 10.1 Å². The highest BCUT2D eigenvalue weighted by molar-refractivity contribution is 5.93. The van der Waals surface area contributed by atoms with Gasteiger partial charge in [-0.2, -0.15) is 10.2 Å². The average molecular weight is 389 g/mol. The lowest BCUT2D eigenvalue weighted by Crippen LogP contribution is -2.49. The highest BCUT2D eigenvalue weighted by Crippen LogP contribution is 2.25. The highest BCUT2D eigenvalue weighted by Gasteiger charge is 2.23. The summed E-state index contributed by atoms with van der Waals surface area (Å²) in [6.07, 6.45) is 1.04. The molecule has 1 atom stereocenters. The lowest BCUT2D eigenvalue weighted by Gasteiger charge is -2.35. The first-order valence-corrected chi connectivity index (χ1v) is 10.0. The van der Waals surface area contributed by atoms with Gasteiger partial charge in [-0.3, -0.25) is 19.5 Å². The fraction of sp³-hybridized carbons (Fsp3) is 0.650. The lowest BCUT2D eigenvalue weighted by atomic mass is 10.0. The molecule has 0 spiro atoms.